The van der Waals surface area contributed by atoms with Gasteiger partial charge in [0.2, 0.25) is 0 Å². The first-order chi connectivity index (χ1) is 7.04. The molecule has 0 unspecified atom stereocenters. The minimum atomic E-state index is -0.400. The van der Waals surface area contributed by atoms with Gasteiger partial charge in [-0.15, -0.1) is 0 Å². The van der Waals surface area contributed by atoms with Crippen molar-refractivity contribution >= 4 is 17.6 Å². The van der Waals surface area contributed by atoms with Crippen LogP contribution >= 0.6 is 11.6 Å². The lowest BCUT2D eigenvalue weighted by atomic mass is 10.1. The summed E-state index contributed by atoms with van der Waals surface area (Å²) in [7, 11) is 0. The Hall–Kier alpha value is -1.09. The highest BCUT2D eigenvalue weighted by molar-refractivity contribution is 6.31. The molecule has 0 aromatic heterocycles. The zero-order valence-corrected chi connectivity index (χ0v) is 9.40. The van der Waals surface area contributed by atoms with Crippen molar-refractivity contribution in [1.29, 1.82) is 0 Å². The van der Waals surface area contributed by atoms with Crippen molar-refractivity contribution in [2.75, 3.05) is 6.61 Å². The first kappa shape index (κ1) is 12.0. The van der Waals surface area contributed by atoms with E-state index in [1.165, 1.54) is 12.1 Å². The molecule has 15 heavy (non-hydrogen) atoms. The first-order valence-electron chi connectivity index (χ1n) is 4.64. The van der Waals surface area contributed by atoms with Crippen molar-refractivity contribution in [2.24, 2.45) is 0 Å². The minimum absolute atomic E-state index is 0.00384. The smallest absolute Gasteiger partial charge is 0.310 e. The van der Waals surface area contributed by atoms with E-state index in [9.17, 15) is 9.18 Å². The molecule has 0 saturated heterocycles. The van der Waals surface area contributed by atoms with Crippen molar-refractivity contribution in [3.63, 3.8) is 0 Å². The van der Waals surface area contributed by atoms with Crippen molar-refractivity contribution in [1.82, 2.24) is 0 Å². The van der Waals surface area contributed by atoms with Gasteiger partial charge in [-0.05, 0) is 37.1 Å². The summed E-state index contributed by atoms with van der Waals surface area (Å²) in [4.78, 5) is 11.2. The molecule has 0 bridgehead atoms. The number of esters is 1. The van der Waals surface area contributed by atoms with Gasteiger partial charge in [0.25, 0.3) is 0 Å². The number of carbonyl (C=O) groups is 1. The standard InChI is InChI=1S/C11H12ClFO2/c1-3-15-11(14)6-8-5-10(13)7(2)4-9(8)12/h4-5H,3,6H2,1-2H3. The molecular weight excluding hydrogens is 219 g/mol. The molecule has 0 aliphatic heterocycles. The van der Waals surface area contributed by atoms with Crippen LogP contribution in [0, 0.1) is 12.7 Å². The Morgan fingerprint density at radius 2 is 2.20 bits per heavy atom. The fraction of sp³-hybridized carbons (Fsp3) is 0.364. The monoisotopic (exact) mass is 230 g/mol. The van der Waals surface area contributed by atoms with Gasteiger partial charge in [0.15, 0.2) is 0 Å². The quantitative estimate of drug-likeness (QED) is 0.747. The summed E-state index contributed by atoms with van der Waals surface area (Å²) in [5, 5.41) is 0.391. The van der Waals surface area contributed by atoms with Crippen molar-refractivity contribution in [3.8, 4) is 0 Å². The van der Waals surface area contributed by atoms with Crippen LogP contribution in [0.25, 0.3) is 0 Å². The van der Waals surface area contributed by atoms with Gasteiger partial charge in [-0.1, -0.05) is 11.6 Å². The fourth-order valence-electron chi connectivity index (χ4n) is 1.19. The van der Waals surface area contributed by atoms with E-state index < -0.39 is 5.97 Å². The maximum atomic E-state index is 13.2. The van der Waals surface area contributed by atoms with Crippen LogP contribution in [0.4, 0.5) is 4.39 Å². The molecule has 0 aliphatic rings. The van der Waals surface area contributed by atoms with Gasteiger partial charge in [0.05, 0.1) is 13.0 Å². The maximum Gasteiger partial charge on any atom is 0.310 e. The highest BCUT2D eigenvalue weighted by Gasteiger charge is 2.10. The third-order valence-corrected chi connectivity index (χ3v) is 2.32. The Kier molecular flexibility index (Phi) is 4.09. The van der Waals surface area contributed by atoms with E-state index in [1.807, 2.05) is 0 Å². The Morgan fingerprint density at radius 1 is 1.53 bits per heavy atom. The van der Waals surface area contributed by atoms with Crippen molar-refractivity contribution in [3.05, 3.63) is 34.1 Å². The van der Waals surface area contributed by atoms with E-state index in [0.717, 1.165) is 0 Å². The third kappa shape index (κ3) is 3.20. The van der Waals surface area contributed by atoms with Crippen LogP contribution in [0.1, 0.15) is 18.1 Å². The summed E-state index contributed by atoms with van der Waals surface area (Å²) in [6.07, 6.45) is 0.00384. The summed E-state index contributed by atoms with van der Waals surface area (Å²) in [6.45, 7) is 3.65. The van der Waals surface area contributed by atoms with Gasteiger partial charge in [-0.3, -0.25) is 4.79 Å². The predicted molar refractivity (Wildman–Crippen MR) is 56.5 cm³/mol. The van der Waals surface area contributed by atoms with Gasteiger partial charge >= 0.3 is 5.97 Å². The summed E-state index contributed by atoms with van der Waals surface area (Å²) < 4.78 is 17.9. The zero-order chi connectivity index (χ0) is 11.4. The Morgan fingerprint density at radius 3 is 2.80 bits per heavy atom. The zero-order valence-electron chi connectivity index (χ0n) is 8.64. The number of hydrogen-bond donors (Lipinski definition) is 0. The number of halogens is 2. The second-order valence-corrected chi connectivity index (χ2v) is 3.58. The highest BCUT2D eigenvalue weighted by Crippen LogP contribution is 2.21. The van der Waals surface area contributed by atoms with Gasteiger partial charge in [0.1, 0.15) is 5.82 Å². The molecule has 0 heterocycles. The summed E-state index contributed by atoms with van der Waals surface area (Å²) in [5.74, 6) is -0.763. The maximum absolute atomic E-state index is 13.2. The summed E-state index contributed by atoms with van der Waals surface area (Å²) in [5.41, 5.74) is 0.922. The Bertz CT molecular complexity index is 377. The molecule has 2 nitrogen and oxygen atoms in total. The second-order valence-electron chi connectivity index (χ2n) is 3.17. The van der Waals surface area contributed by atoms with E-state index in [2.05, 4.69) is 0 Å². The third-order valence-electron chi connectivity index (χ3n) is 1.97. The van der Waals surface area contributed by atoms with Gasteiger partial charge in [-0.25, -0.2) is 4.39 Å². The normalized spacial score (nSPS) is 10.1. The van der Waals surface area contributed by atoms with Crippen LogP contribution in [-0.2, 0) is 16.0 Å². The van der Waals surface area contributed by atoms with Crippen molar-refractivity contribution < 1.29 is 13.9 Å². The molecule has 1 aromatic carbocycles. The number of hydrogen-bond acceptors (Lipinski definition) is 2. The number of aryl methyl sites for hydroxylation is 1. The first-order valence-corrected chi connectivity index (χ1v) is 5.02. The van der Waals surface area contributed by atoms with Gasteiger partial charge in [-0.2, -0.15) is 0 Å². The lowest BCUT2D eigenvalue weighted by Crippen LogP contribution is -2.08. The van der Waals surface area contributed by atoms with Crippen LogP contribution in [0.5, 0.6) is 0 Å². The summed E-state index contributed by atoms with van der Waals surface area (Å²) >= 11 is 5.87. The lowest BCUT2D eigenvalue weighted by molar-refractivity contribution is -0.142. The van der Waals surface area contributed by atoms with Crippen LogP contribution in [0.15, 0.2) is 12.1 Å². The molecule has 1 rings (SSSR count). The van der Waals surface area contributed by atoms with E-state index in [-0.39, 0.29) is 12.2 Å². The van der Waals surface area contributed by atoms with E-state index in [0.29, 0.717) is 22.8 Å². The number of ether oxygens (including phenoxy) is 1. The Labute approximate surface area is 93.0 Å². The van der Waals surface area contributed by atoms with Crippen LogP contribution in [-0.4, -0.2) is 12.6 Å². The van der Waals surface area contributed by atoms with Gasteiger partial charge in [0, 0.05) is 5.02 Å². The lowest BCUT2D eigenvalue weighted by Gasteiger charge is -2.06. The molecule has 1 aromatic rings. The average molecular weight is 231 g/mol. The number of carbonyl (C=O) groups excluding carboxylic acids is 1. The predicted octanol–water partition coefficient (Wildman–Crippen LogP) is 2.89. The molecule has 0 saturated carbocycles. The summed E-state index contributed by atoms with van der Waals surface area (Å²) in [6, 6.07) is 2.78. The van der Waals surface area contributed by atoms with E-state index in [4.69, 9.17) is 16.3 Å². The molecule has 0 fully saturated rings. The molecule has 0 aliphatic carbocycles. The highest BCUT2D eigenvalue weighted by atomic mass is 35.5. The molecule has 0 atom stereocenters. The van der Waals surface area contributed by atoms with Gasteiger partial charge < -0.3 is 4.74 Å². The van der Waals surface area contributed by atoms with E-state index >= 15 is 0 Å². The second kappa shape index (κ2) is 5.12. The van der Waals surface area contributed by atoms with Crippen LogP contribution in [0.2, 0.25) is 5.02 Å². The minimum Gasteiger partial charge on any atom is -0.466 e. The molecule has 4 heteroatoms. The fourth-order valence-corrected chi connectivity index (χ4v) is 1.48. The molecule has 0 spiro atoms. The number of rotatable bonds is 3. The molecular formula is C11H12ClFO2. The molecule has 0 radical (unpaired) electrons. The molecule has 0 N–H and O–H groups in total. The Balaban J connectivity index is 2.86. The average Bonchev–Trinajstić information content (AvgIpc) is 2.14. The van der Waals surface area contributed by atoms with Crippen LogP contribution < -0.4 is 0 Å². The number of benzene rings is 1. The van der Waals surface area contributed by atoms with E-state index in [1.54, 1.807) is 13.8 Å². The topological polar surface area (TPSA) is 26.3 Å². The largest absolute Gasteiger partial charge is 0.466 e. The SMILES string of the molecule is CCOC(=O)Cc1cc(F)c(C)cc1Cl. The molecule has 0 amide bonds. The molecule has 82 valence electrons. The van der Waals surface area contributed by atoms with Crippen LogP contribution in [0.3, 0.4) is 0 Å². The van der Waals surface area contributed by atoms with Crippen molar-refractivity contribution in [2.45, 2.75) is 20.3 Å².